The van der Waals surface area contributed by atoms with Crippen LogP contribution in [-0.2, 0) is 19.4 Å². The number of hydrogen-bond donors (Lipinski definition) is 0. The van der Waals surface area contributed by atoms with Crippen molar-refractivity contribution in [3.63, 3.8) is 0 Å². The zero-order valence-corrected chi connectivity index (χ0v) is 14.4. The zero-order chi connectivity index (χ0) is 17.2. The quantitative estimate of drug-likeness (QED) is 0.464. The molecule has 1 aliphatic heterocycles. The first kappa shape index (κ1) is 17.5. The molecule has 2 heterocycles. The minimum Gasteiger partial charge on any atom is -0.454 e. The highest BCUT2D eigenvalue weighted by Crippen LogP contribution is 2.29. The monoisotopic (exact) mass is 339 g/mol. The van der Waals surface area contributed by atoms with Gasteiger partial charge in [-0.15, -0.1) is 0 Å². The molecule has 0 saturated carbocycles. The molecule has 0 radical (unpaired) electrons. The van der Waals surface area contributed by atoms with Crippen molar-refractivity contribution in [3.05, 3.63) is 35.2 Å². The Kier molecular flexibility index (Phi) is 5.09. The van der Waals surface area contributed by atoms with Crippen molar-refractivity contribution in [2.45, 2.75) is 33.2 Å². The smallest absolute Gasteiger partial charge is 0.330 e. The number of rotatable bonds is 5. The minimum atomic E-state index is -3.00. The van der Waals surface area contributed by atoms with Gasteiger partial charge in [0.2, 0.25) is 5.78 Å². The molecular formula is C16H21NO5S. The largest absolute Gasteiger partial charge is 0.454 e. The Morgan fingerprint density at radius 3 is 2.65 bits per heavy atom. The van der Waals surface area contributed by atoms with Gasteiger partial charge in [-0.3, -0.25) is 4.79 Å². The maximum Gasteiger partial charge on any atom is 0.330 e. The summed E-state index contributed by atoms with van der Waals surface area (Å²) >= 11 is 0. The number of ether oxygens (including phenoxy) is 1. The number of aromatic nitrogens is 1. The molecule has 0 bridgehead atoms. The third-order valence-electron chi connectivity index (χ3n) is 4.01. The number of allylic oxidation sites excluding steroid dienone is 1. The van der Waals surface area contributed by atoms with E-state index >= 15 is 0 Å². The highest BCUT2D eigenvalue weighted by Gasteiger charge is 2.31. The highest BCUT2D eigenvalue weighted by molar-refractivity contribution is 7.91. The zero-order valence-electron chi connectivity index (χ0n) is 13.5. The Morgan fingerprint density at radius 2 is 2.09 bits per heavy atom. The van der Waals surface area contributed by atoms with Gasteiger partial charge in [-0.05, 0) is 33.3 Å². The molecule has 1 atom stereocenters. The summed E-state index contributed by atoms with van der Waals surface area (Å²) in [5, 5.41) is 0. The summed E-state index contributed by atoms with van der Waals surface area (Å²) in [6, 6.07) is 1.60. The summed E-state index contributed by atoms with van der Waals surface area (Å²) in [5.41, 5.74) is 2.03. The van der Waals surface area contributed by atoms with Crippen LogP contribution in [-0.4, -0.2) is 42.9 Å². The lowest BCUT2D eigenvalue weighted by molar-refractivity contribution is -0.136. The first-order chi connectivity index (χ1) is 10.7. The summed E-state index contributed by atoms with van der Waals surface area (Å²) in [7, 11) is -3.00. The molecule has 6 nitrogen and oxygen atoms in total. The van der Waals surface area contributed by atoms with Crippen molar-refractivity contribution in [2.24, 2.45) is 0 Å². The Bertz CT molecular complexity index is 758. The maximum absolute atomic E-state index is 12.2. The van der Waals surface area contributed by atoms with Gasteiger partial charge in [0.05, 0.1) is 11.5 Å². The molecule has 7 heteroatoms. The molecule has 126 valence electrons. The lowest BCUT2D eigenvalue weighted by Gasteiger charge is -2.16. The van der Waals surface area contributed by atoms with Crippen molar-refractivity contribution < 1.29 is 22.7 Å². The van der Waals surface area contributed by atoms with Gasteiger partial charge >= 0.3 is 5.97 Å². The molecule has 1 saturated heterocycles. The van der Waals surface area contributed by atoms with Crippen LogP contribution in [0.3, 0.4) is 0 Å². The van der Waals surface area contributed by atoms with Crippen molar-refractivity contribution in [1.29, 1.82) is 0 Å². The molecule has 0 aliphatic carbocycles. The van der Waals surface area contributed by atoms with Gasteiger partial charge in [0, 0.05) is 29.1 Å². The van der Waals surface area contributed by atoms with E-state index in [0.717, 1.165) is 11.4 Å². The predicted molar refractivity (Wildman–Crippen MR) is 86.3 cm³/mol. The first-order valence-electron chi connectivity index (χ1n) is 7.46. The van der Waals surface area contributed by atoms with Gasteiger partial charge in [0.15, 0.2) is 16.4 Å². The van der Waals surface area contributed by atoms with E-state index < -0.39 is 15.8 Å². The van der Waals surface area contributed by atoms with E-state index in [1.54, 1.807) is 26.0 Å². The van der Waals surface area contributed by atoms with Crippen LogP contribution in [0.5, 0.6) is 0 Å². The number of carbonyl (C=O) groups excluding carboxylic acids is 2. The minimum absolute atomic E-state index is 0.104. The molecule has 1 aromatic rings. The number of Topliss-reactive ketones (excluding diaryl/α,β-unsaturated/α-hetero) is 1. The van der Waals surface area contributed by atoms with E-state index in [2.05, 4.69) is 0 Å². The number of hydrogen-bond acceptors (Lipinski definition) is 5. The number of carbonyl (C=O) groups is 2. The molecule has 0 N–H and O–H groups in total. The van der Waals surface area contributed by atoms with Crippen molar-refractivity contribution in [2.75, 3.05) is 18.1 Å². The number of ketones is 1. The molecule has 23 heavy (non-hydrogen) atoms. The molecule has 0 aromatic carbocycles. The summed E-state index contributed by atoms with van der Waals surface area (Å²) in [6.45, 7) is 5.00. The Hall–Kier alpha value is -1.89. The third kappa shape index (κ3) is 3.90. The summed E-state index contributed by atoms with van der Waals surface area (Å²) in [6.07, 6.45) is 3.35. The van der Waals surface area contributed by atoms with Crippen LogP contribution in [0.4, 0.5) is 0 Å². The number of sulfone groups is 1. The molecule has 0 spiro atoms. The van der Waals surface area contributed by atoms with E-state index in [9.17, 15) is 18.0 Å². The molecule has 2 rings (SSSR count). The van der Waals surface area contributed by atoms with Crippen LogP contribution >= 0.6 is 0 Å². The van der Waals surface area contributed by atoms with Crippen LogP contribution in [0.1, 0.15) is 41.1 Å². The average Bonchev–Trinajstić information content (AvgIpc) is 2.96. The van der Waals surface area contributed by atoms with Crippen LogP contribution in [0.15, 0.2) is 18.2 Å². The van der Waals surface area contributed by atoms with Crippen LogP contribution < -0.4 is 0 Å². The summed E-state index contributed by atoms with van der Waals surface area (Å²) in [4.78, 5) is 23.5. The fourth-order valence-corrected chi connectivity index (χ4v) is 4.70. The SMILES string of the molecule is C/C=C/C(=O)OCC(=O)c1cc(C)n(C2CCS(=O)(=O)C2)c1C. The van der Waals surface area contributed by atoms with Gasteiger partial charge in [-0.25, -0.2) is 13.2 Å². The van der Waals surface area contributed by atoms with Crippen molar-refractivity contribution in [1.82, 2.24) is 4.57 Å². The Balaban J connectivity index is 2.17. The van der Waals surface area contributed by atoms with Gasteiger partial charge in [-0.2, -0.15) is 0 Å². The van der Waals surface area contributed by atoms with Gasteiger partial charge < -0.3 is 9.30 Å². The summed E-state index contributed by atoms with van der Waals surface area (Å²) in [5.74, 6) is -0.564. The van der Waals surface area contributed by atoms with Crippen LogP contribution in [0.2, 0.25) is 0 Å². The second kappa shape index (κ2) is 6.70. The van der Waals surface area contributed by atoms with Crippen LogP contribution in [0.25, 0.3) is 0 Å². The predicted octanol–water partition coefficient (Wildman–Crippen LogP) is 1.77. The van der Waals surface area contributed by atoms with Crippen molar-refractivity contribution >= 4 is 21.6 Å². The standard InChI is InChI=1S/C16H21NO5S/c1-4-5-16(19)22-9-15(18)14-8-11(2)17(12(14)3)13-6-7-23(20,21)10-13/h4-5,8,13H,6-7,9-10H2,1-3H3/b5-4+. The fourth-order valence-electron chi connectivity index (χ4n) is 3.00. The van der Waals surface area contributed by atoms with E-state index in [4.69, 9.17) is 4.74 Å². The molecule has 1 unspecified atom stereocenters. The Morgan fingerprint density at radius 1 is 1.39 bits per heavy atom. The second-order valence-corrected chi connectivity index (χ2v) is 7.97. The van der Waals surface area contributed by atoms with Gasteiger partial charge in [-0.1, -0.05) is 6.08 Å². The molecule has 1 fully saturated rings. The molecule has 1 aliphatic rings. The normalized spacial score (nSPS) is 20.0. The van der Waals surface area contributed by atoms with Gasteiger partial charge in [0.25, 0.3) is 0 Å². The molecular weight excluding hydrogens is 318 g/mol. The Labute approximate surface area is 136 Å². The van der Waals surface area contributed by atoms with Gasteiger partial charge in [0.1, 0.15) is 0 Å². The topological polar surface area (TPSA) is 82.4 Å². The average molecular weight is 339 g/mol. The van der Waals surface area contributed by atoms with E-state index in [0.29, 0.717) is 12.0 Å². The highest BCUT2D eigenvalue weighted by atomic mass is 32.2. The van der Waals surface area contributed by atoms with E-state index in [-0.39, 0.29) is 29.9 Å². The first-order valence-corrected chi connectivity index (χ1v) is 9.29. The fraction of sp³-hybridized carbons (Fsp3) is 0.500. The van der Waals surface area contributed by atoms with Crippen LogP contribution in [0, 0.1) is 13.8 Å². The third-order valence-corrected chi connectivity index (χ3v) is 5.76. The molecule has 1 aromatic heterocycles. The number of esters is 1. The molecule has 0 amide bonds. The number of aryl methyl sites for hydroxylation is 1. The lowest BCUT2D eigenvalue weighted by atomic mass is 10.1. The van der Waals surface area contributed by atoms with E-state index in [1.165, 1.54) is 6.08 Å². The second-order valence-electron chi connectivity index (χ2n) is 5.74. The maximum atomic E-state index is 12.2. The van der Waals surface area contributed by atoms with E-state index in [1.807, 2.05) is 11.5 Å². The number of nitrogens with zero attached hydrogens (tertiary/aromatic N) is 1. The summed E-state index contributed by atoms with van der Waals surface area (Å²) < 4.78 is 30.1. The lowest BCUT2D eigenvalue weighted by Crippen LogP contribution is -2.16. The van der Waals surface area contributed by atoms with Crippen molar-refractivity contribution in [3.8, 4) is 0 Å².